The summed E-state index contributed by atoms with van der Waals surface area (Å²) in [5, 5.41) is 0.853. The number of carbonyl (C=O) groups is 1. The standard InChI is InChI=1S/C23H22N4O/c1-15-8-10-17(11-9-15)21-12-19(18-6-4-5-7-20(18)26-21)23(28)27(3)14-22-24-13-16(2)25-22/h4-13H,14H2,1-3H3,(H,24,25). The highest BCUT2D eigenvalue weighted by atomic mass is 16.2. The molecule has 2 aromatic carbocycles. The lowest BCUT2D eigenvalue weighted by molar-refractivity contribution is 0.0783. The highest BCUT2D eigenvalue weighted by Crippen LogP contribution is 2.26. The average Bonchev–Trinajstić information content (AvgIpc) is 3.11. The molecule has 140 valence electrons. The predicted octanol–water partition coefficient (Wildman–Crippen LogP) is 4.51. The first-order chi connectivity index (χ1) is 13.5. The van der Waals surface area contributed by atoms with Crippen molar-refractivity contribution in [3.8, 4) is 11.3 Å². The van der Waals surface area contributed by atoms with Crippen LogP contribution in [0.3, 0.4) is 0 Å². The molecule has 5 heteroatoms. The zero-order chi connectivity index (χ0) is 19.7. The summed E-state index contributed by atoms with van der Waals surface area (Å²) >= 11 is 0. The van der Waals surface area contributed by atoms with Crippen LogP contribution in [0.4, 0.5) is 0 Å². The molecular formula is C23H22N4O. The highest BCUT2D eigenvalue weighted by Gasteiger charge is 2.18. The lowest BCUT2D eigenvalue weighted by Gasteiger charge is -2.18. The number of nitrogens with one attached hydrogen (secondary N) is 1. The fraction of sp³-hybridized carbons (Fsp3) is 0.174. The van der Waals surface area contributed by atoms with Crippen LogP contribution in [0.2, 0.25) is 0 Å². The molecule has 5 nitrogen and oxygen atoms in total. The van der Waals surface area contributed by atoms with Gasteiger partial charge in [-0.2, -0.15) is 0 Å². The molecule has 0 atom stereocenters. The zero-order valence-electron chi connectivity index (χ0n) is 16.2. The van der Waals surface area contributed by atoms with E-state index in [0.29, 0.717) is 12.1 Å². The van der Waals surface area contributed by atoms with Crippen molar-refractivity contribution in [2.75, 3.05) is 7.05 Å². The van der Waals surface area contributed by atoms with Crippen LogP contribution in [0, 0.1) is 13.8 Å². The predicted molar refractivity (Wildman–Crippen MR) is 111 cm³/mol. The minimum Gasteiger partial charge on any atom is -0.345 e. The van der Waals surface area contributed by atoms with E-state index >= 15 is 0 Å². The van der Waals surface area contributed by atoms with E-state index in [-0.39, 0.29) is 5.91 Å². The van der Waals surface area contributed by atoms with Gasteiger partial charge >= 0.3 is 0 Å². The molecule has 0 saturated carbocycles. The zero-order valence-corrected chi connectivity index (χ0v) is 16.2. The second-order valence-corrected chi connectivity index (χ2v) is 7.11. The molecule has 1 amide bonds. The summed E-state index contributed by atoms with van der Waals surface area (Å²) in [6.07, 6.45) is 1.77. The van der Waals surface area contributed by atoms with Gasteiger partial charge in [-0.25, -0.2) is 9.97 Å². The molecule has 2 aromatic heterocycles. The van der Waals surface area contributed by atoms with Crippen LogP contribution in [0.15, 0.2) is 60.8 Å². The Hall–Kier alpha value is -3.47. The smallest absolute Gasteiger partial charge is 0.254 e. The first-order valence-electron chi connectivity index (χ1n) is 9.24. The number of carbonyl (C=O) groups excluding carboxylic acids is 1. The van der Waals surface area contributed by atoms with Gasteiger partial charge < -0.3 is 9.88 Å². The fourth-order valence-corrected chi connectivity index (χ4v) is 3.27. The molecule has 0 aliphatic rings. The number of amides is 1. The number of hydrogen-bond donors (Lipinski definition) is 1. The summed E-state index contributed by atoms with van der Waals surface area (Å²) in [7, 11) is 1.79. The largest absolute Gasteiger partial charge is 0.345 e. The van der Waals surface area contributed by atoms with E-state index in [4.69, 9.17) is 4.98 Å². The Morgan fingerprint density at radius 3 is 2.54 bits per heavy atom. The molecule has 0 spiro atoms. The Bertz CT molecular complexity index is 1140. The summed E-state index contributed by atoms with van der Waals surface area (Å²) in [4.78, 5) is 27.2. The molecule has 1 N–H and O–H groups in total. The number of para-hydroxylation sites is 1. The van der Waals surface area contributed by atoms with Crippen LogP contribution in [-0.4, -0.2) is 32.8 Å². The minimum absolute atomic E-state index is 0.0546. The van der Waals surface area contributed by atoms with E-state index in [1.54, 1.807) is 18.1 Å². The Morgan fingerprint density at radius 2 is 1.82 bits per heavy atom. The number of benzene rings is 2. The summed E-state index contributed by atoms with van der Waals surface area (Å²) in [5.74, 6) is 0.714. The molecule has 0 bridgehead atoms. The van der Waals surface area contributed by atoms with Gasteiger partial charge in [-0.15, -0.1) is 0 Å². The average molecular weight is 370 g/mol. The summed E-state index contributed by atoms with van der Waals surface area (Å²) in [5.41, 5.74) is 5.42. The maximum atomic E-state index is 13.3. The number of aromatic amines is 1. The van der Waals surface area contributed by atoms with Crippen LogP contribution in [0.1, 0.15) is 27.4 Å². The van der Waals surface area contributed by atoms with Crippen molar-refractivity contribution in [2.45, 2.75) is 20.4 Å². The number of rotatable bonds is 4. The van der Waals surface area contributed by atoms with Crippen molar-refractivity contribution in [1.29, 1.82) is 0 Å². The first-order valence-corrected chi connectivity index (χ1v) is 9.24. The Kier molecular flexibility index (Phi) is 4.65. The quantitative estimate of drug-likeness (QED) is 0.575. The monoisotopic (exact) mass is 370 g/mol. The number of hydrogen-bond acceptors (Lipinski definition) is 3. The van der Waals surface area contributed by atoms with Gasteiger partial charge in [-0.1, -0.05) is 48.0 Å². The third-order valence-corrected chi connectivity index (χ3v) is 4.78. The van der Waals surface area contributed by atoms with E-state index in [0.717, 1.165) is 33.7 Å². The molecule has 0 unspecified atom stereocenters. The summed E-state index contributed by atoms with van der Waals surface area (Å²) in [6, 6.07) is 17.8. The third-order valence-electron chi connectivity index (χ3n) is 4.78. The third kappa shape index (κ3) is 3.51. The number of H-pyrrole nitrogens is 1. The van der Waals surface area contributed by atoms with Gasteiger partial charge in [0.15, 0.2) is 0 Å². The Morgan fingerprint density at radius 1 is 1.07 bits per heavy atom. The van der Waals surface area contributed by atoms with Crippen molar-refractivity contribution < 1.29 is 4.79 Å². The normalized spacial score (nSPS) is 11.0. The molecule has 0 radical (unpaired) electrons. The van der Waals surface area contributed by atoms with Gasteiger partial charge in [-0.3, -0.25) is 4.79 Å². The molecule has 2 heterocycles. The number of nitrogens with zero attached hydrogens (tertiary/aromatic N) is 3. The maximum absolute atomic E-state index is 13.3. The van der Waals surface area contributed by atoms with Crippen LogP contribution in [0.5, 0.6) is 0 Å². The van der Waals surface area contributed by atoms with Gasteiger partial charge in [0.2, 0.25) is 0 Å². The van der Waals surface area contributed by atoms with Crippen LogP contribution < -0.4 is 0 Å². The Balaban J connectivity index is 1.76. The summed E-state index contributed by atoms with van der Waals surface area (Å²) < 4.78 is 0. The topological polar surface area (TPSA) is 61.9 Å². The molecule has 0 aliphatic carbocycles. The summed E-state index contributed by atoms with van der Waals surface area (Å²) in [6.45, 7) is 4.42. The lowest BCUT2D eigenvalue weighted by Crippen LogP contribution is -2.27. The lowest BCUT2D eigenvalue weighted by atomic mass is 10.0. The van der Waals surface area contributed by atoms with E-state index in [1.807, 2.05) is 49.4 Å². The van der Waals surface area contributed by atoms with Crippen molar-refractivity contribution in [3.05, 3.63) is 83.4 Å². The van der Waals surface area contributed by atoms with Crippen LogP contribution in [0.25, 0.3) is 22.2 Å². The minimum atomic E-state index is -0.0546. The molecule has 0 aliphatic heterocycles. The number of fused-ring (bicyclic) bond motifs is 1. The Labute approximate surface area is 164 Å². The van der Waals surface area contributed by atoms with E-state index in [1.165, 1.54) is 5.56 Å². The molecule has 4 rings (SSSR count). The number of pyridine rings is 1. The number of imidazole rings is 1. The fourth-order valence-electron chi connectivity index (χ4n) is 3.27. The van der Waals surface area contributed by atoms with Gasteiger partial charge in [-0.05, 0) is 26.0 Å². The van der Waals surface area contributed by atoms with Crippen LogP contribution >= 0.6 is 0 Å². The molecule has 0 saturated heterocycles. The van der Waals surface area contributed by atoms with Gasteiger partial charge in [0, 0.05) is 29.9 Å². The SMILES string of the molecule is Cc1ccc(-c2cc(C(=O)N(C)Cc3ncc(C)[nH]3)c3ccccc3n2)cc1. The van der Waals surface area contributed by atoms with Crippen molar-refractivity contribution >= 4 is 16.8 Å². The number of aryl methyl sites for hydroxylation is 2. The van der Waals surface area contributed by atoms with Crippen molar-refractivity contribution in [1.82, 2.24) is 19.9 Å². The second-order valence-electron chi connectivity index (χ2n) is 7.11. The number of aromatic nitrogens is 3. The van der Waals surface area contributed by atoms with E-state index in [2.05, 4.69) is 29.0 Å². The van der Waals surface area contributed by atoms with Gasteiger partial charge in [0.05, 0.1) is 23.3 Å². The highest BCUT2D eigenvalue weighted by molar-refractivity contribution is 6.07. The molecule has 4 aromatic rings. The van der Waals surface area contributed by atoms with Crippen molar-refractivity contribution in [2.24, 2.45) is 0 Å². The first kappa shape index (κ1) is 17.9. The van der Waals surface area contributed by atoms with E-state index < -0.39 is 0 Å². The van der Waals surface area contributed by atoms with E-state index in [9.17, 15) is 4.79 Å². The molecule has 0 fully saturated rings. The second kappa shape index (κ2) is 7.27. The maximum Gasteiger partial charge on any atom is 0.254 e. The van der Waals surface area contributed by atoms with Crippen LogP contribution in [-0.2, 0) is 6.54 Å². The molecule has 28 heavy (non-hydrogen) atoms. The van der Waals surface area contributed by atoms with Gasteiger partial charge in [0.1, 0.15) is 5.82 Å². The van der Waals surface area contributed by atoms with Crippen molar-refractivity contribution in [3.63, 3.8) is 0 Å². The molecular weight excluding hydrogens is 348 g/mol. The van der Waals surface area contributed by atoms with Gasteiger partial charge in [0.25, 0.3) is 5.91 Å².